The highest BCUT2D eigenvalue weighted by Crippen LogP contribution is 2.18. The maximum absolute atomic E-state index is 12.0. The van der Waals surface area contributed by atoms with Crippen molar-refractivity contribution in [3.63, 3.8) is 0 Å². The minimum atomic E-state index is -0.230. The molecule has 4 heteroatoms. The van der Waals surface area contributed by atoms with E-state index in [-0.39, 0.29) is 11.8 Å². The molecule has 92 valence electrons. The number of aromatic nitrogens is 1. The van der Waals surface area contributed by atoms with E-state index in [0.29, 0.717) is 10.8 Å². The number of hydrogen-bond acceptors (Lipinski definition) is 2. The van der Waals surface area contributed by atoms with Crippen molar-refractivity contribution in [2.45, 2.75) is 12.8 Å². The molecule has 1 atom stereocenters. The average Bonchev–Trinajstić information content (AvgIpc) is 2.39. The lowest BCUT2D eigenvalue weighted by Gasteiger charge is -2.11. The van der Waals surface area contributed by atoms with Crippen molar-refractivity contribution in [3.8, 4) is 0 Å². The van der Waals surface area contributed by atoms with Crippen LogP contribution in [0.15, 0.2) is 48.7 Å². The normalized spacial score (nSPS) is 11.9. The van der Waals surface area contributed by atoms with E-state index in [1.807, 2.05) is 37.3 Å². The fraction of sp³-hybridized carbons (Fsp3) is 0.143. The molecule has 3 nitrogen and oxygen atoms in total. The van der Waals surface area contributed by atoms with Crippen molar-refractivity contribution >= 4 is 23.3 Å². The first-order valence-electron chi connectivity index (χ1n) is 5.64. The quantitative estimate of drug-likeness (QED) is 0.918. The first-order valence-corrected chi connectivity index (χ1v) is 6.02. The highest BCUT2D eigenvalue weighted by Gasteiger charge is 2.15. The fourth-order valence-corrected chi connectivity index (χ4v) is 1.76. The number of anilines is 1. The van der Waals surface area contributed by atoms with Crippen LogP contribution >= 0.6 is 11.6 Å². The summed E-state index contributed by atoms with van der Waals surface area (Å²) >= 11 is 5.83. The van der Waals surface area contributed by atoms with Gasteiger partial charge >= 0.3 is 0 Å². The van der Waals surface area contributed by atoms with Crippen LogP contribution < -0.4 is 5.32 Å². The minimum absolute atomic E-state index is 0.101. The molecule has 0 fully saturated rings. The van der Waals surface area contributed by atoms with Gasteiger partial charge in [-0.15, -0.1) is 0 Å². The van der Waals surface area contributed by atoms with Gasteiger partial charge in [0.15, 0.2) is 0 Å². The SMILES string of the molecule is CC(C(=O)Nc1cc(Cl)ccn1)c1ccccc1. The summed E-state index contributed by atoms with van der Waals surface area (Å²) in [6.07, 6.45) is 1.56. The average molecular weight is 261 g/mol. The number of amides is 1. The smallest absolute Gasteiger partial charge is 0.232 e. The lowest BCUT2D eigenvalue weighted by molar-refractivity contribution is -0.117. The van der Waals surface area contributed by atoms with E-state index >= 15 is 0 Å². The van der Waals surface area contributed by atoms with Crippen LogP contribution in [0.1, 0.15) is 18.4 Å². The molecule has 0 bridgehead atoms. The highest BCUT2D eigenvalue weighted by molar-refractivity contribution is 6.30. The Bertz CT molecular complexity index is 543. The zero-order valence-corrected chi connectivity index (χ0v) is 10.7. The van der Waals surface area contributed by atoms with E-state index in [1.54, 1.807) is 18.3 Å². The molecule has 0 saturated heterocycles. The van der Waals surface area contributed by atoms with E-state index in [2.05, 4.69) is 10.3 Å². The number of pyridine rings is 1. The molecular formula is C14H13ClN2O. The molecule has 0 saturated carbocycles. The number of rotatable bonds is 3. The van der Waals surface area contributed by atoms with Gasteiger partial charge in [0.2, 0.25) is 5.91 Å². The summed E-state index contributed by atoms with van der Waals surface area (Å²) in [4.78, 5) is 16.1. The van der Waals surface area contributed by atoms with Crippen molar-refractivity contribution in [2.75, 3.05) is 5.32 Å². The van der Waals surface area contributed by atoms with Crippen molar-refractivity contribution in [3.05, 3.63) is 59.2 Å². The molecule has 0 aliphatic heterocycles. The third kappa shape index (κ3) is 3.08. The topological polar surface area (TPSA) is 42.0 Å². The Morgan fingerprint density at radius 3 is 2.67 bits per heavy atom. The number of nitrogens with zero attached hydrogens (tertiary/aromatic N) is 1. The molecule has 1 N–H and O–H groups in total. The number of carbonyl (C=O) groups excluding carboxylic acids is 1. The third-order valence-corrected chi connectivity index (χ3v) is 2.90. The maximum atomic E-state index is 12.0. The summed E-state index contributed by atoms with van der Waals surface area (Å²) in [5.41, 5.74) is 0.969. The number of halogens is 1. The van der Waals surface area contributed by atoms with E-state index in [4.69, 9.17) is 11.6 Å². The molecule has 2 aromatic rings. The summed E-state index contributed by atoms with van der Waals surface area (Å²) in [6.45, 7) is 1.86. The van der Waals surface area contributed by atoms with E-state index < -0.39 is 0 Å². The first-order chi connectivity index (χ1) is 8.66. The Labute approximate surface area is 111 Å². The number of hydrogen-bond donors (Lipinski definition) is 1. The van der Waals surface area contributed by atoms with Gasteiger partial charge in [-0.2, -0.15) is 0 Å². The van der Waals surface area contributed by atoms with Crippen LogP contribution in [0.3, 0.4) is 0 Å². The van der Waals surface area contributed by atoms with Gasteiger partial charge in [0.05, 0.1) is 5.92 Å². The van der Waals surface area contributed by atoms with E-state index in [9.17, 15) is 4.79 Å². The van der Waals surface area contributed by atoms with Crippen molar-refractivity contribution in [1.29, 1.82) is 0 Å². The molecule has 1 unspecified atom stereocenters. The van der Waals surface area contributed by atoms with Gasteiger partial charge in [-0.3, -0.25) is 4.79 Å². The zero-order valence-electron chi connectivity index (χ0n) is 9.93. The summed E-state index contributed by atoms with van der Waals surface area (Å²) in [5.74, 6) is 0.137. The van der Waals surface area contributed by atoms with Gasteiger partial charge in [-0.25, -0.2) is 4.98 Å². The number of benzene rings is 1. The third-order valence-electron chi connectivity index (χ3n) is 2.67. The molecular weight excluding hydrogens is 248 g/mol. The van der Waals surface area contributed by atoms with Gasteiger partial charge in [0.1, 0.15) is 5.82 Å². The maximum Gasteiger partial charge on any atom is 0.232 e. The van der Waals surface area contributed by atoms with Crippen LogP contribution in [0.5, 0.6) is 0 Å². The standard InChI is InChI=1S/C14H13ClN2O/c1-10(11-5-3-2-4-6-11)14(18)17-13-9-12(15)7-8-16-13/h2-10H,1H3,(H,16,17,18). The predicted octanol–water partition coefficient (Wildman–Crippen LogP) is 3.48. The predicted molar refractivity (Wildman–Crippen MR) is 72.7 cm³/mol. The summed E-state index contributed by atoms with van der Waals surface area (Å²) in [5, 5.41) is 3.30. The molecule has 1 aromatic heterocycles. The Morgan fingerprint density at radius 1 is 1.28 bits per heavy atom. The van der Waals surface area contributed by atoms with Gasteiger partial charge in [-0.05, 0) is 24.6 Å². The second-order valence-electron chi connectivity index (χ2n) is 3.98. The largest absolute Gasteiger partial charge is 0.310 e. The van der Waals surface area contributed by atoms with Gasteiger partial charge < -0.3 is 5.32 Å². The molecule has 0 spiro atoms. The Kier molecular flexibility index (Phi) is 3.95. The first kappa shape index (κ1) is 12.6. The van der Waals surface area contributed by atoms with Crippen LogP contribution in [0.4, 0.5) is 5.82 Å². The Balaban J connectivity index is 2.09. The Hall–Kier alpha value is -1.87. The van der Waals surface area contributed by atoms with Gasteiger partial charge in [0, 0.05) is 11.2 Å². The van der Waals surface area contributed by atoms with Crippen LogP contribution in [-0.2, 0) is 4.79 Å². The van der Waals surface area contributed by atoms with Gasteiger partial charge in [-0.1, -0.05) is 41.9 Å². The molecule has 1 amide bonds. The number of nitrogens with one attached hydrogen (secondary N) is 1. The van der Waals surface area contributed by atoms with Crippen molar-refractivity contribution < 1.29 is 4.79 Å². The molecule has 0 aliphatic carbocycles. The molecule has 0 radical (unpaired) electrons. The summed E-state index contributed by atoms with van der Waals surface area (Å²) in [7, 11) is 0. The van der Waals surface area contributed by atoms with Gasteiger partial charge in [0.25, 0.3) is 0 Å². The Morgan fingerprint density at radius 2 is 2.00 bits per heavy atom. The monoisotopic (exact) mass is 260 g/mol. The lowest BCUT2D eigenvalue weighted by Crippen LogP contribution is -2.19. The fourth-order valence-electron chi connectivity index (χ4n) is 1.60. The van der Waals surface area contributed by atoms with E-state index in [0.717, 1.165) is 5.56 Å². The molecule has 1 aromatic carbocycles. The van der Waals surface area contributed by atoms with E-state index in [1.165, 1.54) is 0 Å². The molecule has 1 heterocycles. The van der Waals surface area contributed by atoms with Crippen LogP contribution in [0.2, 0.25) is 5.02 Å². The van der Waals surface area contributed by atoms with Crippen molar-refractivity contribution in [1.82, 2.24) is 4.98 Å². The van der Waals surface area contributed by atoms with Crippen LogP contribution in [0, 0.1) is 0 Å². The molecule has 18 heavy (non-hydrogen) atoms. The number of carbonyl (C=O) groups is 1. The van der Waals surface area contributed by atoms with Crippen LogP contribution in [0.25, 0.3) is 0 Å². The molecule has 0 aliphatic rings. The summed E-state index contributed by atoms with van der Waals surface area (Å²) in [6, 6.07) is 12.9. The second kappa shape index (κ2) is 5.65. The van der Waals surface area contributed by atoms with Crippen LogP contribution in [-0.4, -0.2) is 10.9 Å². The minimum Gasteiger partial charge on any atom is -0.310 e. The molecule has 2 rings (SSSR count). The second-order valence-corrected chi connectivity index (χ2v) is 4.42. The summed E-state index contributed by atoms with van der Waals surface area (Å²) < 4.78 is 0. The lowest BCUT2D eigenvalue weighted by atomic mass is 10.0. The van der Waals surface area contributed by atoms with Crippen molar-refractivity contribution in [2.24, 2.45) is 0 Å². The highest BCUT2D eigenvalue weighted by atomic mass is 35.5. The zero-order chi connectivity index (χ0) is 13.0.